The van der Waals surface area contributed by atoms with Crippen molar-refractivity contribution in [3.05, 3.63) is 40.0 Å². The summed E-state index contributed by atoms with van der Waals surface area (Å²) in [7, 11) is 0. The summed E-state index contributed by atoms with van der Waals surface area (Å²) in [4.78, 5) is 11.8. The molecule has 1 saturated carbocycles. The van der Waals surface area contributed by atoms with E-state index in [9.17, 15) is 9.90 Å². The quantitative estimate of drug-likeness (QED) is 0.824. The van der Waals surface area contributed by atoms with E-state index in [1.54, 1.807) is 0 Å². The standard InChI is InChI=1S/C17H21NO2/c1-10-5-6-11(2)13-12(10)9-17(7-3-4-8-17)14(15(13)18)16(19)20/h5-6H,3-4,7-9,18H2,1-2H3,(H,19,20). The zero-order valence-electron chi connectivity index (χ0n) is 12.1. The molecule has 2 aliphatic carbocycles. The van der Waals surface area contributed by atoms with Gasteiger partial charge in [0.15, 0.2) is 0 Å². The smallest absolute Gasteiger partial charge is 0.334 e. The van der Waals surface area contributed by atoms with E-state index >= 15 is 0 Å². The Morgan fingerprint density at radius 1 is 1.20 bits per heavy atom. The summed E-state index contributed by atoms with van der Waals surface area (Å²) in [5.74, 6) is -0.837. The SMILES string of the molecule is Cc1ccc(C)c2c1CC1(CCCC1)C(C(=O)O)=C2N. The van der Waals surface area contributed by atoms with Gasteiger partial charge in [-0.3, -0.25) is 0 Å². The van der Waals surface area contributed by atoms with Crippen molar-refractivity contribution in [2.24, 2.45) is 11.1 Å². The van der Waals surface area contributed by atoms with Gasteiger partial charge in [0.05, 0.1) is 11.3 Å². The molecular formula is C17H21NO2. The topological polar surface area (TPSA) is 63.3 Å². The van der Waals surface area contributed by atoms with Crippen LogP contribution >= 0.6 is 0 Å². The third-order valence-electron chi connectivity index (χ3n) is 5.11. The highest BCUT2D eigenvalue weighted by Crippen LogP contribution is 2.52. The van der Waals surface area contributed by atoms with Gasteiger partial charge in [-0.2, -0.15) is 0 Å². The van der Waals surface area contributed by atoms with Crippen LogP contribution in [0.2, 0.25) is 0 Å². The van der Waals surface area contributed by atoms with Crippen LogP contribution in [0.3, 0.4) is 0 Å². The van der Waals surface area contributed by atoms with Gasteiger partial charge in [0.1, 0.15) is 0 Å². The second-order valence-corrected chi connectivity index (χ2v) is 6.31. The van der Waals surface area contributed by atoms with Crippen LogP contribution in [-0.2, 0) is 11.2 Å². The molecule has 1 aromatic carbocycles. The molecule has 1 spiro atoms. The molecule has 0 heterocycles. The molecular weight excluding hydrogens is 250 g/mol. The third kappa shape index (κ3) is 1.69. The number of hydrogen-bond acceptors (Lipinski definition) is 2. The molecule has 106 valence electrons. The minimum atomic E-state index is -0.837. The molecule has 0 amide bonds. The molecule has 3 nitrogen and oxygen atoms in total. The molecule has 3 rings (SSSR count). The molecule has 0 saturated heterocycles. The Bertz CT molecular complexity index is 622. The number of hydrogen-bond donors (Lipinski definition) is 2. The van der Waals surface area contributed by atoms with Crippen LogP contribution in [0.5, 0.6) is 0 Å². The molecule has 0 unspecified atom stereocenters. The van der Waals surface area contributed by atoms with Crippen molar-refractivity contribution in [2.45, 2.75) is 46.0 Å². The molecule has 3 N–H and O–H groups in total. The summed E-state index contributed by atoms with van der Waals surface area (Å²) in [5.41, 5.74) is 11.6. The number of aliphatic carboxylic acids is 1. The zero-order valence-corrected chi connectivity index (χ0v) is 12.1. The van der Waals surface area contributed by atoms with Gasteiger partial charge in [0.2, 0.25) is 0 Å². The summed E-state index contributed by atoms with van der Waals surface area (Å²) >= 11 is 0. The first-order chi connectivity index (χ1) is 9.46. The van der Waals surface area contributed by atoms with Crippen LogP contribution in [-0.4, -0.2) is 11.1 Å². The molecule has 1 aromatic rings. The first kappa shape index (κ1) is 13.2. The number of carboxylic acids is 1. The largest absolute Gasteiger partial charge is 0.478 e. The van der Waals surface area contributed by atoms with E-state index in [0.29, 0.717) is 11.3 Å². The summed E-state index contributed by atoms with van der Waals surface area (Å²) in [6, 6.07) is 4.16. The maximum atomic E-state index is 11.8. The van der Waals surface area contributed by atoms with E-state index in [1.165, 1.54) is 11.1 Å². The maximum absolute atomic E-state index is 11.8. The second kappa shape index (κ2) is 4.37. The van der Waals surface area contributed by atoms with E-state index < -0.39 is 5.97 Å². The number of rotatable bonds is 1. The molecule has 3 heteroatoms. The fraction of sp³-hybridized carbons (Fsp3) is 0.471. The molecule has 2 aliphatic rings. The zero-order chi connectivity index (χ0) is 14.5. The van der Waals surface area contributed by atoms with Crippen molar-refractivity contribution in [3.63, 3.8) is 0 Å². The number of fused-ring (bicyclic) bond motifs is 1. The number of carboxylic acid groups (broad SMARTS) is 1. The van der Waals surface area contributed by atoms with Gasteiger partial charge < -0.3 is 10.8 Å². The van der Waals surface area contributed by atoms with Crippen molar-refractivity contribution in [2.75, 3.05) is 0 Å². The first-order valence-electron chi connectivity index (χ1n) is 7.29. The first-order valence-corrected chi connectivity index (χ1v) is 7.29. The average Bonchev–Trinajstić information content (AvgIpc) is 2.82. The lowest BCUT2D eigenvalue weighted by Crippen LogP contribution is -2.34. The van der Waals surface area contributed by atoms with Gasteiger partial charge >= 0.3 is 5.97 Å². The van der Waals surface area contributed by atoms with Crippen LogP contribution < -0.4 is 5.73 Å². The van der Waals surface area contributed by atoms with Crippen LogP contribution in [0.15, 0.2) is 17.7 Å². The Hall–Kier alpha value is -1.77. The van der Waals surface area contributed by atoms with E-state index in [4.69, 9.17) is 5.73 Å². The average molecular weight is 271 g/mol. The van der Waals surface area contributed by atoms with Gasteiger partial charge in [0, 0.05) is 11.0 Å². The van der Waals surface area contributed by atoms with E-state index in [-0.39, 0.29) is 5.41 Å². The van der Waals surface area contributed by atoms with E-state index in [1.807, 2.05) is 13.0 Å². The fourth-order valence-electron chi connectivity index (χ4n) is 4.13. The Balaban J connectivity index is 2.31. The number of carbonyl (C=O) groups is 1. The van der Waals surface area contributed by atoms with Gasteiger partial charge in [-0.15, -0.1) is 0 Å². The lowest BCUT2D eigenvalue weighted by molar-refractivity contribution is -0.134. The minimum Gasteiger partial charge on any atom is -0.478 e. The summed E-state index contributed by atoms with van der Waals surface area (Å²) in [6.45, 7) is 4.11. The van der Waals surface area contributed by atoms with Gasteiger partial charge in [-0.25, -0.2) is 4.79 Å². The molecule has 0 aromatic heterocycles. The molecule has 1 fully saturated rings. The van der Waals surface area contributed by atoms with Gasteiger partial charge in [-0.05, 0) is 49.8 Å². The monoisotopic (exact) mass is 271 g/mol. The lowest BCUT2D eigenvalue weighted by Gasteiger charge is -2.37. The number of benzene rings is 1. The van der Waals surface area contributed by atoms with Crippen molar-refractivity contribution in [1.82, 2.24) is 0 Å². The highest BCUT2D eigenvalue weighted by molar-refractivity contribution is 5.99. The highest BCUT2D eigenvalue weighted by atomic mass is 16.4. The molecule has 0 bridgehead atoms. The van der Waals surface area contributed by atoms with E-state index in [2.05, 4.69) is 13.0 Å². The second-order valence-electron chi connectivity index (χ2n) is 6.31. The summed E-state index contributed by atoms with van der Waals surface area (Å²) in [5, 5.41) is 9.68. The Labute approximate surface area is 119 Å². The van der Waals surface area contributed by atoms with Crippen LogP contribution in [0.4, 0.5) is 0 Å². The third-order valence-corrected chi connectivity index (χ3v) is 5.11. The molecule has 0 atom stereocenters. The number of nitrogens with two attached hydrogens (primary N) is 1. The van der Waals surface area contributed by atoms with Crippen LogP contribution in [0, 0.1) is 19.3 Å². The fourth-order valence-corrected chi connectivity index (χ4v) is 4.13. The van der Waals surface area contributed by atoms with Crippen molar-refractivity contribution in [3.8, 4) is 0 Å². The van der Waals surface area contributed by atoms with Crippen molar-refractivity contribution in [1.29, 1.82) is 0 Å². The highest BCUT2D eigenvalue weighted by Gasteiger charge is 2.46. The summed E-state index contributed by atoms with van der Waals surface area (Å²) < 4.78 is 0. The predicted molar refractivity (Wildman–Crippen MR) is 79.3 cm³/mol. The lowest BCUT2D eigenvalue weighted by atomic mass is 9.66. The summed E-state index contributed by atoms with van der Waals surface area (Å²) in [6.07, 6.45) is 4.93. The predicted octanol–water partition coefficient (Wildman–Crippen LogP) is 3.17. The van der Waals surface area contributed by atoms with E-state index in [0.717, 1.165) is 43.2 Å². The van der Waals surface area contributed by atoms with Crippen molar-refractivity contribution >= 4 is 11.7 Å². The molecule has 0 aliphatic heterocycles. The number of aryl methyl sites for hydroxylation is 2. The maximum Gasteiger partial charge on any atom is 0.334 e. The van der Waals surface area contributed by atoms with Gasteiger partial charge in [0.25, 0.3) is 0 Å². The van der Waals surface area contributed by atoms with Gasteiger partial charge in [-0.1, -0.05) is 25.0 Å². The normalized spacial score (nSPS) is 20.3. The van der Waals surface area contributed by atoms with Crippen LogP contribution in [0.1, 0.15) is 47.9 Å². The Morgan fingerprint density at radius 2 is 1.80 bits per heavy atom. The minimum absolute atomic E-state index is 0.235. The van der Waals surface area contributed by atoms with Crippen LogP contribution in [0.25, 0.3) is 5.70 Å². The van der Waals surface area contributed by atoms with Crippen molar-refractivity contribution < 1.29 is 9.90 Å². The molecule has 0 radical (unpaired) electrons. The molecule has 20 heavy (non-hydrogen) atoms. The Kier molecular flexibility index (Phi) is 2.89. The Morgan fingerprint density at radius 3 is 2.40 bits per heavy atom.